The molecule has 0 aliphatic rings. The Morgan fingerprint density at radius 1 is 1.53 bits per heavy atom. The van der Waals surface area contributed by atoms with Crippen molar-refractivity contribution in [3.63, 3.8) is 0 Å². The molecule has 98 valence electrons. The van der Waals surface area contributed by atoms with Crippen LogP contribution < -0.4 is 5.73 Å². The van der Waals surface area contributed by atoms with Crippen molar-refractivity contribution in [1.29, 1.82) is 0 Å². The maximum absolute atomic E-state index is 5.49. The Labute approximate surface area is 103 Å². The van der Waals surface area contributed by atoms with Crippen molar-refractivity contribution < 1.29 is 4.74 Å². The molecule has 1 aromatic heterocycles. The van der Waals surface area contributed by atoms with Crippen LogP contribution in [0.5, 0.6) is 0 Å². The Hall–Kier alpha value is -0.980. The lowest BCUT2D eigenvalue weighted by molar-refractivity contribution is 0.0625. The molecule has 2 N–H and O–H groups in total. The van der Waals surface area contributed by atoms with Gasteiger partial charge < -0.3 is 10.5 Å². The zero-order valence-corrected chi connectivity index (χ0v) is 11.0. The quantitative estimate of drug-likeness (QED) is 0.699. The third-order valence-corrected chi connectivity index (χ3v) is 2.30. The summed E-state index contributed by atoms with van der Waals surface area (Å²) >= 11 is 0. The third-order valence-electron chi connectivity index (χ3n) is 2.30. The van der Waals surface area contributed by atoms with Crippen LogP contribution in [-0.4, -0.2) is 52.7 Å². The number of hydrogen-bond donors (Lipinski definition) is 1. The summed E-state index contributed by atoms with van der Waals surface area (Å²) in [6.07, 6.45) is 2.22. The second-order valence-corrected chi connectivity index (χ2v) is 4.42. The number of rotatable bonds is 8. The van der Waals surface area contributed by atoms with E-state index in [-0.39, 0.29) is 6.10 Å². The van der Waals surface area contributed by atoms with Crippen molar-refractivity contribution in [3.05, 3.63) is 11.9 Å². The predicted octanol–water partition coefficient (Wildman–Crippen LogP) is 0.0936. The second kappa shape index (κ2) is 7.37. The third kappa shape index (κ3) is 5.76. The summed E-state index contributed by atoms with van der Waals surface area (Å²) in [5, 5.41) is 8.09. The zero-order valence-electron chi connectivity index (χ0n) is 11.0. The van der Waals surface area contributed by atoms with Gasteiger partial charge in [-0.25, -0.2) is 0 Å². The number of likely N-dealkylation sites (N-methyl/N-ethyl adjacent to an activating group) is 1. The van der Waals surface area contributed by atoms with Crippen LogP contribution in [0.1, 0.15) is 19.5 Å². The molecule has 0 radical (unpaired) electrons. The molecule has 0 unspecified atom stereocenters. The summed E-state index contributed by atoms with van der Waals surface area (Å²) in [5.41, 5.74) is 6.41. The highest BCUT2D eigenvalue weighted by Gasteiger charge is 2.05. The van der Waals surface area contributed by atoms with Gasteiger partial charge in [-0.2, -0.15) is 0 Å². The van der Waals surface area contributed by atoms with E-state index < -0.39 is 0 Å². The number of ether oxygens (including phenoxy) is 1. The van der Waals surface area contributed by atoms with Gasteiger partial charge in [-0.05, 0) is 20.9 Å². The first-order chi connectivity index (χ1) is 8.11. The summed E-state index contributed by atoms with van der Waals surface area (Å²) < 4.78 is 7.27. The molecule has 0 saturated carbocycles. The van der Waals surface area contributed by atoms with Gasteiger partial charge in [-0.15, -0.1) is 5.10 Å². The summed E-state index contributed by atoms with van der Waals surface area (Å²) in [5.74, 6) is 0. The van der Waals surface area contributed by atoms with E-state index in [0.717, 1.165) is 25.4 Å². The summed E-state index contributed by atoms with van der Waals surface area (Å²) in [6.45, 7) is 7.80. The number of nitrogens with zero attached hydrogens (tertiary/aromatic N) is 4. The minimum atomic E-state index is 0.286. The van der Waals surface area contributed by atoms with E-state index in [1.165, 1.54) is 0 Å². The van der Waals surface area contributed by atoms with Crippen LogP contribution in [0.25, 0.3) is 0 Å². The molecule has 0 aliphatic carbocycles. The molecule has 17 heavy (non-hydrogen) atoms. The monoisotopic (exact) mass is 241 g/mol. The standard InChI is InChI=1S/C11H23N5O/c1-10(2)17-7-6-15(3)8-11-9-16(5-4-12)14-13-11/h9-10H,4-8,12H2,1-3H3. The maximum Gasteiger partial charge on any atom is 0.0967 e. The Bertz CT molecular complexity index is 313. The van der Waals surface area contributed by atoms with Gasteiger partial charge in [0.2, 0.25) is 0 Å². The van der Waals surface area contributed by atoms with Crippen molar-refractivity contribution in [3.8, 4) is 0 Å². The Balaban J connectivity index is 2.26. The smallest absolute Gasteiger partial charge is 0.0967 e. The van der Waals surface area contributed by atoms with E-state index in [0.29, 0.717) is 13.1 Å². The fourth-order valence-electron chi connectivity index (χ4n) is 1.45. The van der Waals surface area contributed by atoms with Crippen LogP contribution in [-0.2, 0) is 17.8 Å². The Morgan fingerprint density at radius 2 is 2.29 bits per heavy atom. The molecule has 1 aromatic rings. The lowest BCUT2D eigenvalue weighted by atomic mass is 10.4. The van der Waals surface area contributed by atoms with Gasteiger partial charge in [0.05, 0.1) is 24.9 Å². The first-order valence-electron chi connectivity index (χ1n) is 6.01. The van der Waals surface area contributed by atoms with E-state index in [4.69, 9.17) is 10.5 Å². The SMILES string of the molecule is CC(C)OCCN(C)Cc1cn(CCN)nn1. The van der Waals surface area contributed by atoms with Gasteiger partial charge in [0.1, 0.15) is 0 Å². The van der Waals surface area contributed by atoms with Crippen molar-refractivity contribution in [2.45, 2.75) is 33.0 Å². The maximum atomic E-state index is 5.49. The summed E-state index contributed by atoms with van der Waals surface area (Å²) in [4.78, 5) is 2.17. The van der Waals surface area contributed by atoms with E-state index >= 15 is 0 Å². The van der Waals surface area contributed by atoms with Crippen LogP contribution >= 0.6 is 0 Å². The molecule has 1 rings (SSSR count). The molecule has 0 aliphatic heterocycles. The minimum Gasteiger partial charge on any atom is -0.377 e. The van der Waals surface area contributed by atoms with Gasteiger partial charge in [-0.3, -0.25) is 9.58 Å². The highest BCUT2D eigenvalue weighted by molar-refractivity contribution is 4.91. The predicted molar refractivity (Wildman–Crippen MR) is 66.5 cm³/mol. The van der Waals surface area contributed by atoms with Gasteiger partial charge in [0.25, 0.3) is 0 Å². The first-order valence-corrected chi connectivity index (χ1v) is 6.01. The molecule has 6 heteroatoms. The van der Waals surface area contributed by atoms with Crippen molar-refractivity contribution >= 4 is 0 Å². The Morgan fingerprint density at radius 3 is 2.94 bits per heavy atom. The number of nitrogens with two attached hydrogens (primary N) is 1. The van der Waals surface area contributed by atoms with Crippen LogP contribution in [0.2, 0.25) is 0 Å². The van der Waals surface area contributed by atoms with Crippen LogP contribution in [0.4, 0.5) is 0 Å². The molecular weight excluding hydrogens is 218 g/mol. The first kappa shape index (κ1) is 14.1. The minimum absolute atomic E-state index is 0.286. The molecule has 0 aromatic carbocycles. The normalized spacial score (nSPS) is 11.6. The largest absolute Gasteiger partial charge is 0.377 e. The number of aromatic nitrogens is 3. The van der Waals surface area contributed by atoms with E-state index in [9.17, 15) is 0 Å². The fourth-order valence-corrected chi connectivity index (χ4v) is 1.45. The van der Waals surface area contributed by atoms with Gasteiger partial charge in [0.15, 0.2) is 0 Å². The van der Waals surface area contributed by atoms with Gasteiger partial charge >= 0.3 is 0 Å². The lowest BCUT2D eigenvalue weighted by Gasteiger charge is -2.15. The average molecular weight is 241 g/mol. The molecule has 0 atom stereocenters. The molecule has 1 heterocycles. The van der Waals surface area contributed by atoms with Gasteiger partial charge in [-0.1, -0.05) is 5.21 Å². The molecule has 0 saturated heterocycles. The molecule has 0 amide bonds. The molecule has 0 bridgehead atoms. The fraction of sp³-hybridized carbons (Fsp3) is 0.818. The topological polar surface area (TPSA) is 69.2 Å². The van der Waals surface area contributed by atoms with Crippen LogP contribution in [0.15, 0.2) is 6.20 Å². The molecule has 0 spiro atoms. The highest BCUT2D eigenvalue weighted by atomic mass is 16.5. The van der Waals surface area contributed by atoms with E-state index in [1.54, 1.807) is 4.68 Å². The Kier molecular flexibility index (Phi) is 6.10. The summed E-state index contributed by atoms with van der Waals surface area (Å²) in [7, 11) is 2.05. The van der Waals surface area contributed by atoms with Gasteiger partial charge in [0, 0.05) is 25.8 Å². The lowest BCUT2D eigenvalue weighted by Crippen LogP contribution is -2.24. The molecular formula is C11H23N5O. The van der Waals surface area contributed by atoms with Crippen LogP contribution in [0.3, 0.4) is 0 Å². The van der Waals surface area contributed by atoms with E-state index in [1.807, 2.05) is 27.1 Å². The van der Waals surface area contributed by atoms with Crippen molar-refractivity contribution in [1.82, 2.24) is 19.9 Å². The number of hydrogen-bond acceptors (Lipinski definition) is 5. The van der Waals surface area contributed by atoms with Crippen molar-refractivity contribution in [2.24, 2.45) is 5.73 Å². The van der Waals surface area contributed by atoms with Crippen LogP contribution in [0, 0.1) is 0 Å². The second-order valence-electron chi connectivity index (χ2n) is 4.42. The van der Waals surface area contributed by atoms with Crippen molar-refractivity contribution in [2.75, 3.05) is 26.7 Å². The summed E-state index contributed by atoms with van der Waals surface area (Å²) in [6, 6.07) is 0. The molecule has 0 fully saturated rings. The van der Waals surface area contributed by atoms with E-state index in [2.05, 4.69) is 15.2 Å². The average Bonchev–Trinajstić information content (AvgIpc) is 2.65. The highest BCUT2D eigenvalue weighted by Crippen LogP contribution is 1.98. The zero-order chi connectivity index (χ0) is 12.7. The molecule has 6 nitrogen and oxygen atoms in total.